The number of rotatable bonds is 3. The van der Waals surface area contributed by atoms with Crippen LogP contribution < -0.4 is 11.5 Å². The number of aromatic nitrogens is 2. The lowest BCUT2D eigenvalue weighted by molar-refractivity contribution is 0.531. The van der Waals surface area contributed by atoms with Gasteiger partial charge < -0.3 is 11.5 Å². The van der Waals surface area contributed by atoms with Crippen molar-refractivity contribution in [1.29, 1.82) is 0 Å². The Morgan fingerprint density at radius 2 is 2.25 bits per heavy atom. The molecule has 1 atom stereocenters. The van der Waals surface area contributed by atoms with Gasteiger partial charge in [-0.05, 0) is 13.8 Å². The van der Waals surface area contributed by atoms with Crippen molar-refractivity contribution in [1.82, 2.24) is 9.78 Å². The Balaban J connectivity index is 2.77. The molecule has 1 aromatic heterocycles. The summed E-state index contributed by atoms with van der Waals surface area (Å²) in [7, 11) is 0. The molecule has 68 valence electrons. The monoisotopic (exact) mass is 168 g/mol. The van der Waals surface area contributed by atoms with Gasteiger partial charge in [0.1, 0.15) is 0 Å². The van der Waals surface area contributed by atoms with Gasteiger partial charge in [0.25, 0.3) is 0 Å². The van der Waals surface area contributed by atoms with E-state index in [1.807, 2.05) is 10.9 Å². The maximum Gasteiger partial charge on any atom is 0.0538 e. The molecular weight excluding hydrogens is 152 g/mol. The quantitative estimate of drug-likeness (QED) is 0.687. The highest BCUT2D eigenvalue weighted by Crippen LogP contribution is 2.10. The summed E-state index contributed by atoms with van der Waals surface area (Å²) in [5, 5.41) is 4.17. The minimum absolute atomic E-state index is 0.0856. The van der Waals surface area contributed by atoms with Gasteiger partial charge in [-0.3, -0.25) is 4.68 Å². The molecule has 0 aliphatic heterocycles. The molecule has 1 heterocycles. The van der Waals surface area contributed by atoms with Crippen LogP contribution in [0.15, 0.2) is 12.4 Å². The van der Waals surface area contributed by atoms with Crippen LogP contribution in [0.25, 0.3) is 0 Å². The second-order valence-electron chi connectivity index (χ2n) is 3.19. The summed E-state index contributed by atoms with van der Waals surface area (Å²) < 4.78 is 1.88. The zero-order valence-corrected chi connectivity index (χ0v) is 7.57. The lowest BCUT2D eigenvalue weighted by Crippen LogP contribution is -2.20. The maximum absolute atomic E-state index is 5.73. The van der Waals surface area contributed by atoms with E-state index in [-0.39, 0.29) is 6.04 Å². The average molecular weight is 168 g/mol. The highest BCUT2D eigenvalue weighted by Gasteiger charge is 2.07. The molecule has 12 heavy (non-hydrogen) atoms. The zero-order chi connectivity index (χ0) is 9.14. The van der Waals surface area contributed by atoms with Crippen LogP contribution in [0.1, 0.15) is 31.5 Å². The Bertz CT molecular complexity index is 241. The lowest BCUT2D eigenvalue weighted by Gasteiger charge is -2.05. The molecule has 1 unspecified atom stereocenters. The van der Waals surface area contributed by atoms with Crippen LogP contribution in [0, 0.1) is 0 Å². The normalized spacial score (nSPS) is 13.8. The first-order chi connectivity index (χ1) is 5.65. The second kappa shape index (κ2) is 3.69. The van der Waals surface area contributed by atoms with Crippen molar-refractivity contribution in [2.24, 2.45) is 11.5 Å². The third-order valence-corrected chi connectivity index (χ3v) is 1.83. The highest BCUT2D eigenvalue weighted by molar-refractivity contribution is 5.10. The molecule has 0 aliphatic rings. The lowest BCUT2D eigenvalue weighted by atomic mass is 10.2. The fourth-order valence-corrected chi connectivity index (χ4v) is 0.963. The standard InChI is InChI=1S/C8H16N4/c1-6(2)12-5-7(4-11-12)8(10)3-9/h4-6,8H,3,9-10H2,1-2H3. The van der Waals surface area contributed by atoms with Crippen molar-refractivity contribution in [3.8, 4) is 0 Å². The fraction of sp³-hybridized carbons (Fsp3) is 0.625. The summed E-state index contributed by atoms with van der Waals surface area (Å²) in [5.74, 6) is 0. The Morgan fingerprint density at radius 1 is 1.58 bits per heavy atom. The smallest absolute Gasteiger partial charge is 0.0538 e. The second-order valence-corrected chi connectivity index (χ2v) is 3.19. The van der Waals surface area contributed by atoms with Gasteiger partial charge in [0.15, 0.2) is 0 Å². The van der Waals surface area contributed by atoms with Gasteiger partial charge in [0.05, 0.1) is 6.20 Å². The topological polar surface area (TPSA) is 69.9 Å². The largest absolute Gasteiger partial charge is 0.329 e. The molecule has 4 N–H and O–H groups in total. The predicted octanol–water partition coefficient (Wildman–Crippen LogP) is 0.423. The van der Waals surface area contributed by atoms with E-state index in [2.05, 4.69) is 18.9 Å². The van der Waals surface area contributed by atoms with Gasteiger partial charge in [-0.2, -0.15) is 5.10 Å². The van der Waals surface area contributed by atoms with Crippen molar-refractivity contribution < 1.29 is 0 Å². The van der Waals surface area contributed by atoms with E-state index in [4.69, 9.17) is 11.5 Å². The first-order valence-electron chi connectivity index (χ1n) is 4.15. The predicted molar refractivity (Wildman–Crippen MR) is 48.6 cm³/mol. The Morgan fingerprint density at radius 3 is 2.67 bits per heavy atom. The molecule has 0 aliphatic carbocycles. The first kappa shape index (κ1) is 9.22. The summed E-state index contributed by atoms with van der Waals surface area (Å²) in [6, 6.07) is 0.293. The summed E-state index contributed by atoms with van der Waals surface area (Å²) in [4.78, 5) is 0. The number of nitrogens with two attached hydrogens (primary N) is 2. The first-order valence-corrected chi connectivity index (χ1v) is 4.15. The van der Waals surface area contributed by atoms with Crippen molar-refractivity contribution in [3.63, 3.8) is 0 Å². The van der Waals surface area contributed by atoms with Crippen LogP contribution in [-0.2, 0) is 0 Å². The molecule has 0 amide bonds. The SMILES string of the molecule is CC(C)n1cc(C(N)CN)cn1. The van der Waals surface area contributed by atoms with Crippen LogP contribution in [-0.4, -0.2) is 16.3 Å². The number of hydrogen-bond donors (Lipinski definition) is 2. The van der Waals surface area contributed by atoms with E-state index >= 15 is 0 Å². The van der Waals surface area contributed by atoms with Crippen molar-refractivity contribution in [2.75, 3.05) is 6.54 Å². The molecule has 0 saturated heterocycles. The van der Waals surface area contributed by atoms with Crippen LogP contribution in [0.2, 0.25) is 0 Å². The van der Waals surface area contributed by atoms with Gasteiger partial charge in [-0.1, -0.05) is 0 Å². The summed E-state index contributed by atoms with van der Waals surface area (Å²) in [6.07, 6.45) is 3.72. The molecule has 1 rings (SSSR count). The molecule has 0 radical (unpaired) electrons. The van der Waals surface area contributed by atoms with Crippen molar-refractivity contribution >= 4 is 0 Å². The molecule has 0 spiro atoms. The Labute approximate surface area is 72.5 Å². The van der Waals surface area contributed by atoms with E-state index in [0.29, 0.717) is 12.6 Å². The maximum atomic E-state index is 5.73. The van der Waals surface area contributed by atoms with E-state index in [9.17, 15) is 0 Å². The van der Waals surface area contributed by atoms with Crippen LogP contribution in [0.5, 0.6) is 0 Å². The number of nitrogens with zero attached hydrogens (tertiary/aromatic N) is 2. The number of hydrogen-bond acceptors (Lipinski definition) is 3. The third kappa shape index (κ3) is 1.84. The molecule has 0 saturated carbocycles. The summed E-state index contributed by atoms with van der Waals surface area (Å²) >= 11 is 0. The Hall–Kier alpha value is -0.870. The molecule has 0 fully saturated rings. The highest BCUT2D eigenvalue weighted by atomic mass is 15.3. The zero-order valence-electron chi connectivity index (χ0n) is 7.57. The van der Waals surface area contributed by atoms with Gasteiger partial charge in [-0.25, -0.2) is 0 Å². The fourth-order valence-electron chi connectivity index (χ4n) is 0.963. The van der Waals surface area contributed by atoms with Gasteiger partial charge in [0, 0.05) is 30.4 Å². The molecule has 4 nitrogen and oxygen atoms in total. The molecule has 0 bridgehead atoms. The summed E-state index contributed by atoms with van der Waals surface area (Å²) in [5.41, 5.74) is 12.2. The van der Waals surface area contributed by atoms with E-state index in [1.54, 1.807) is 6.20 Å². The van der Waals surface area contributed by atoms with Gasteiger partial charge in [-0.15, -0.1) is 0 Å². The van der Waals surface area contributed by atoms with Crippen LogP contribution in [0.3, 0.4) is 0 Å². The van der Waals surface area contributed by atoms with E-state index in [1.165, 1.54) is 0 Å². The molecule has 1 aromatic rings. The van der Waals surface area contributed by atoms with Gasteiger partial charge in [0.2, 0.25) is 0 Å². The minimum atomic E-state index is -0.0856. The minimum Gasteiger partial charge on any atom is -0.329 e. The van der Waals surface area contributed by atoms with Crippen LogP contribution in [0.4, 0.5) is 0 Å². The van der Waals surface area contributed by atoms with E-state index in [0.717, 1.165) is 5.56 Å². The Kier molecular flexibility index (Phi) is 2.83. The molecule has 0 aromatic carbocycles. The third-order valence-electron chi connectivity index (χ3n) is 1.83. The average Bonchev–Trinajstić information content (AvgIpc) is 2.51. The van der Waals surface area contributed by atoms with Crippen molar-refractivity contribution in [2.45, 2.75) is 25.9 Å². The van der Waals surface area contributed by atoms with Crippen LogP contribution >= 0.6 is 0 Å². The van der Waals surface area contributed by atoms with Crippen molar-refractivity contribution in [3.05, 3.63) is 18.0 Å². The molecule has 4 heteroatoms. The van der Waals surface area contributed by atoms with Gasteiger partial charge >= 0.3 is 0 Å². The summed E-state index contributed by atoms with van der Waals surface area (Å²) in [6.45, 7) is 4.61. The molecular formula is C8H16N4. The van der Waals surface area contributed by atoms with E-state index < -0.39 is 0 Å².